The SMILES string of the molecule is CN1C2C=C(Cc3c(F)ccc(F)c3F)CC1COC2. The molecule has 2 heterocycles. The molecule has 0 spiro atoms. The van der Waals surface area contributed by atoms with E-state index in [-0.39, 0.29) is 24.1 Å². The zero-order valence-electron chi connectivity index (χ0n) is 11.2. The van der Waals surface area contributed by atoms with Crippen LogP contribution in [0.2, 0.25) is 0 Å². The summed E-state index contributed by atoms with van der Waals surface area (Å²) in [4.78, 5) is 2.21. The van der Waals surface area contributed by atoms with Gasteiger partial charge in [-0.05, 0) is 32.0 Å². The lowest BCUT2D eigenvalue weighted by atomic mass is 9.90. The van der Waals surface area contributed by atoms with Crippen LogP contribution in [0.4, 0.5) is 13.2 Å². The Hall–Kier alpha value is -1.33. The number of hydrogen-bond acceptors (Lipinski definition) is 2. The first kappa shape index (κ1) is 13.6. The molecule has 0 N–H and O–H groups in total. The molecule has 3 rings (SSSR count). The van der Waals surface area contributed by atoms with E-state index >= 15 is 0 Å². The minimum absolute atomic E-state index is 0.121. The molecule has 2 aliphatic heterocycles. The lowest BCUT2D eigenvalue weighted by Crippen LogP contribution is -2.51. The molecular formula is C15H16F3NO. The van der Waals surface area contributed by atoms with Crippen LogP contribution < -0.4 is 0 Å². The smallest absolute Gasteiger partial charge is 0.165 e. The number of hydrogen-bond donors (Lipinski definition) is 0. The topological polar surface area (TPSA) is 12.5 Å². The predicted molar refractivity (Wildman–Crippen MR) is 68.9 cm³/mol. The molecule has 20 heavy (non-hydrogen) atoms. The molecule has 2 nitrogen and oxygen atoms in total. The number of nitrogens with zero attached hydrogens (tertiary/aromatic N) is 1. The normalized spacial score (nSPS) is 26.5. The minimum Gasteiger partial charge on any atom is -0.378 e. The van der Waals surface area contributed by atoms with Gasteiger partial charge < -0.3 is 4.74 Å². The Balaban J connectivity index is 1.87. The van der Waals surface area contributed by atoms with Crippen molar-refractivity contribution in [3.63, 3.8) is 0 Å². The molecule has 2 unspecified atom stereocenters. The fourth-order valence-electron chi connectivity index (χ4n) is 2.93. The van der Waals surface area contributed by atoms with E-state index in [0.29, 0.717) is 19.6 Å². The third-order valence-electron chi connectivity index (χ3n) is 4.17. The number of morpholine rings is 1. The van der Waals surface area contributed by atoms with Crippen LogP contribution in [0.15, 0.2) is 23.8 Å². The van der Waals surface area contributed by atoms with Crippen molar-refractivity contribution in [2.24, 2.45) is 0 Å². The molecule has 108 valence electrons. The molecule has 1 fully saturated rings. The van der Waals surface area contributed by atoms with Crippen LogP contribution in [0.25, 0.3) is 0 Å². The molecular weight excluding hydrogens is 267 g/mol. The summed E-state index contributed by atoms with van der Waals surface area (Å²) in [6, 6.07) is 2.16. The second-order valence-electron chi connectivity index (χ2n) is 5.45. The van der Waals surface area contributed by atoms with Crippen LogP contribution in [0.5, 0.6) is 0 Å². The Morgan fingerprint density at radius 1 is 1.20 bits per heavy atom. The van der Waals surface area contributed by atoms with E-state index in [0.717, 1.165) is 17.7 Å². The quantitative estimate of drug-likeness (QED) is 0.611. The number of rotatable bonds is 2. The Morgan fingerprint density at radius 3 is 2.70 bits per heavy atom. The van der Waals surface area contributed by atoms with E-state index in [1.807, 2.05) is 13.1 Å². The third kappa shape index (κ3) is 2.36. The van der Waals surface area contributed by atoms with Crippen LogP contribution in [0, 0.1) is 17.5 Å². The van der Waals surface area contributed by atoms with Gasteiger partial charge in [0.25, 0.3) is 0 Å². The number of halogens is 3. The molecule has 2 aliphatic rings. The van der Waals surface area contributed by atoms with Gasteiger partial charge in [-0.25, -0.2) is 13.2 Å². The Kier molecular flexibility index (Phi) is 3.56. The lowest BCUT2D eigenvalue weighted by molar-refractivity contribution is -0.0260. The zero-order chi connectivity index (χ0) is 14.3. The summed E-state index contributed by atoms with van der Waals surface area (Å²) in [6.45, 7) is 1.21. The number of likely N-dealkylation sites (N-methyl/N-ethyl adjacent to an activating group) is 1. The van der Waals surface area contributed by atoms with E-state index in [1.54, 1.807) is 0 Å². The predicted octanol–water partition coefficient (Wildman–Crippen LogP) is 2.68. The second kappa shape index (κ2) is 5.22. The summed E-state index contributed by atoms with van der Waals surface area (Å²) in [5.74, 6) is -2.77. The van der Waals surface area contributed by atoms with Crippen molar-refractivity contribution in [2.75, 3.05) is 20.3 Å². The van der Waals surface area contributed by atoms with Gasteiger partial charge in [0.05, 0.1) is 19.3 Å². The number of fused-ring (bicyclic) bond motifs is 2. The first-order valence-corrected chi connectivity index (χ1v) is 6.68. The van der Waals surface area contributed by atoms with Gasteiger partial charge >= 0.3 is 0 Å². The summed E-state index contributed by atoms with van der Waals surface area (Å²) in [7, 11) is 2.02. The van der Waals surface area contributed by atoms with Crippen LogP contribution in [-0.2, 0) is 11.2 Å². The van der Waals surface area contributed by atoms with Crippen molar-refractivity contribution in [2.45, 2.75) is 24.9 Å². The molecule has 0 amide bonds. The molecule has 2 atom stereocenters. The van der Waals surface area contributed by atoms with E-state index in [2.05, 4.69) is 4.90 Å². The summed E-state index contributed by atoms with van der Waals surface area (Å²) >= 11 is 0. The zero-order valence-corrected chi connectivity index (χ0v) is 11.2. The lowest BCUT2D eigenvalue weighted by Gasteiger charge is -2.42. The highest BCUT2D eigenvalue weighted by atomic mass is 19.2. The van der Waals surface area contributed by atoms with Crippen LogP contribution >= 0.6 is 0 Å². The van der Waals surface area contributed by atoms with Gasteiger partial charge in [-0.1, -0.05) is 11.6 Å². The van der Waals surface area contributed by atoms with E-state index < -0.39 is 17.5 Å². The largest absolute Gasteiger partial charge is 0.378 e. The maximum absolute atomic E-state index is 13.7. The van der Waals surface area contributed by atoms with E-state index in [1.165, 1.54) is 0 Å². The first-order valence-electron chi connectivity index (χ1n) is 6.68. The fourth-order valence-corrected chi connectivity index (χ4v) is 2.93. The summed E-state index contributed by atoms with van der Waals surface area (Å²) in [6.07, 6.45) is 2.80. The van der Waals surface area contributed by atoms with Gasteiger partial charge in [0, 0.05) is 11.6 Å². The minimum atomic E-state index is -1.08. The molecule has 0 saturated carbocycles. The summed E-state index contributed by atoms with van der Waals surface area (Å²) in [5, 5.41) is 0. The van der Waals surface area contributed by atoms with E-state index in [9.17, 15) is 13.2 Å². The Labute approximate surface area is 115 Å². The maximum Gasteiger partial charge on any atom is 0.165 e. The standard InChI is InChI=1S/C15H16F3NO/c1-19-10-4-9(5-11(19)8-20-7-10)6-12-13(16)2-3-14(17)15(12)18/h2-4,10-11H,5-8H2,1H3. The molecule has 1 aromatic carbocycles. The van der Waals surface area contributed by atoms with Crippen molar-refractivity contribution >= 4 is 0 Å². The van der Waals surface area contributed by atoms with Gasteiger partial charge in [0.1, 0.15) is 5.82 Å². The Bertz CT molecular complexity index is 558. The van der Waals surface area contributed by atoms with Crippen LogP contribution in [-0.4, -0.2) is 37.2 Å². The molecule has 1 saturated heterocycles. The van der Waals surface area contributed by atoms with E-state index in [4.69, 9.17) is 4.74 Å². The number of ether oxygens (including phenoxy) is 1. The van der Waals surface area contributed by atoms with Crippen molar-refractivity contribution in [1.29, 1.82) is 0 Å². The van der Waals surface area contributed by atoms with Crippen LogP contribution in [0.3, 0.4) is 0 Å². The van der Waals surface area contributed by atoms with Crippen molar-refractivity contribution in [3.8, 4) is 0 Å². The van der Waals surface area contributed by atoms with Gasteiger partial charge in [0.2, 0.25) is 0 Å². The van der Waals surface area contributed by atoms with Gasteiger partial charge in [-0.2, -0.15) is 0 Å². The maximum atomic E-state index is 13.7. The molecule has 0 aromatic heterocycles. The average Bonchev–Trinajstić information content (AvgIpc) is 2.40. The molecule has 0 radical (unpaired) electrons. The first-order chi connectivity index (χ1) is 9.56. The summed E-state index contributed by atoms with van der Waals surface area (Å²) in [5.41, 5.74) is 0.768. The summed E-state index contributed by atoms with van der Waals surface area (Å²) < 4.78 is 46.1. The molecule has 0 aliphatic carbocycles. The van der Waals surface area contributed by atoms with Crippen LogP contribution in [0.1, 0.15) is 12.0 Å². The van der Waals surface area contributed by atoms with Gasteiger partial charge in [-0.3, -0.25) is 4.90 Å². The molecule has 5 heteroatoms. The molecule has 1 aromatic rings. The van der Waals surface area contributed by atoms with Gasteiger partial charge in [-0.15, -0.1) is 0 Å². The fraction of sp³-hybridized carbons (Fsp3) is 0.467. The highest BCUT2D eigenvalue weighted by Crippen LogP contribution is 2.29. The Morgan fingerprint density at radius 2 is 1.95 bits per heavy atom. The average molecular weight is 283 g/mol. The van der Waals surface area contributed by atoms with Crippen molar-refractivity contribution in [3.05, 3.63) is 46.8 Å². The second-order valence-corrected chi connectivity index (χ2v) is 5.45. The molecule has 2 bridgehead atoms. The highest BCUT2D eigenvalue weighted by Gasteiger charge is 2.32. The van der Waals surface area contributed by atoms with Gasteiger partial charge in [0.15, 0.2) is 11.6 Å². The monoisotopic (exact) mass is 283 g/mol. The number of benzene rings is 1. The highest BCUT2D eigenvalue weighted by molar-refractivity contribution is 5.28. The van der Waals surface area contributed by atoms with Crippen molar-refractivity contribution in [1.82, 2.24) is 4.90 Å². The van der Waals surface area contributed by atoms with Crippen molar-refractivity contribution < 1.29 is 17.9 Å². The third-order valence-corrected chi connectivity index (χ3v) is 4.17.